The number of benzene rings is 2. The van der Waals surface area contributed by atoms with Crippen LogP contribution >= 0.6 is 0 Å². The van der Waals surface area contributed by atoms with Gasteiger partial charge < -0.3 is 10.6 Å². The van der Waals surface area contributed by atoms with Crippen LogP contribution in [0.4, 0.5) is 21.7 Å². The number of nitrogens with zero attached hydrogens (tertiary/aromatic N) is 2. The Balaban J connectivity index is 1.73. The summed E-state index contributed by atoms with van der Waals surface area (Å²) in [6.45, 7) is 4.68. The van der Waals surface area contributed by atoms with Crippen molar-refractivity contribution < 1.29 is 4.39 Å². The van der Waals surface area contributed by atoms with Gasteiger partial charge in [-0.05, 0) is 23.6 Å². The molecule has 0 spiro atoms. The molecule has 3 rings (SSSR count). The molecule has 0 atom stereocenters. The van der Waals surface area contributed by atoms with Gasteiger partial charge in [-0.2, -0.15) is 0 Å². The first-order chi connectivity index (χ1) is 12.1. The van der Waals surface area contributed by atoms with E-state index in [0.717, 1.165) is 5.69 Å². The van der Waals surface area contributed by atoms with E-state index in [9.17, 15) is 4.39 Å². The van der Waals surface area contributed by atoms with Crippen LogP contribution in [-0.2, 0) is 6.54 Å². The van der Waals surface area contributed by atoms with E-state index in [1.54, 1.807) is 12.1 Å². The van der Waals surface area contributed by atoms with E-state index in [4.69, 9.17) is 0 Å². The van der Waals surface area contributed by atoms with Crippen molar-refractivity contribution in [2.45, 2.75) is 26.3 Å². The summed E-state index contributed by atoms with van der Waals surface area (Å²) >= 11 is 0. The molecule has 2 aromatic carbocycles. The molecule has 128 valence electrons. The molecule has 1 aromatic heterocycles. The number of halogens is 1. The average molecular weight is 336 g/mol. The third kappa shape index (κ3) is 4.32. The molecule has 0 saturated heterocycles. The lowest BCUT2D eigenvalue weighted by Gasteiger charge is -2.14. The standard InChI is InChI=1S/C20H21FN4/c1-14(2)16-8-4-6-10-18(16)25-20-11-19(23-13-24-20)22-12-15-7-3-5-9-17(15)21/h3-11,13-14H,12H2,1-2H3,(H2,22,23,24,25). The van der Waals surface area contributed by atoms with Crippen LogP contribution in [0, 0.1) is 5.82 Å². The smallest absolute Gasteiger partial charge is 0.135 e. The minimum atomic E-state index is -0.228. The van der Waals surface area contributed by atoms with Gasteiger partial charge in [0.1, 0.15) is 23.8 Å². The highest BCUT2D eigenvalue weighted by Crippen LogP contribution is 2.26. The summed E-state index contributed by atoms with van der Waals surface area (Å²) in [4.78, 5) is 8.47. The van der Waals surface area contributed by atoms with Crippen LogP contribution in [0.15, 0.2) is 60.9 Å². The first kappa shape index (κ1) is 16.9. The van der Waals surface area contributed by atoms with Crippen molar-refractivity contribution in [1.82, 2.24) is 9.97 Å². The maximum Gasteiger partial charge on any atom is 0.135 e. The third-order valence-electron chi connectivity index (χ3n) is 3.93. The second-order valence-corrected chi connectivity index (χ2v) is 6.10. The Hall–Kier alpha value is -2.95. The minimum absolute atomic E-state index is 0.228. The number of anilines is 3. The largest absolute Gasteiger partial charge is 0.366 e. The molecular weight excluding hydrogens is 315 g/mol. The summed E-state index contributed by atoms with van der Waals surface area (Å²) in [6.07, 6.45) is 1.49. The van der Waals surface area contributed by atoms with Crippen molar-refractivity contribution >= 4 is 17.3 Å². The number of hydrogen-bond acceptors (Lipinski definition) is 4. The first-order valence-corrected chi connectivity index (χ1v) is 8.29. The number of hydrogen-bond donors (Lipinski definition) is 2. The second kappa shape index (κ2) is 7.75. The Morgan fingerprint density at radius 1 is 0.960 bits per heavy atom. The zero-order valence-electron chi connectivity index (χ0n) is 14.3. The number of para-hydroxylation sites is 1. The van der Waals surface area contributed by atoms with Crippen molar-refractivity contribution in [2.24, 2.45) is 0 Å². The topological polar surface area (TPSA) is 49.8 Å². The number of nitrogens with one attached hydrogen (secondary N) is 2. The van der Waals surface area contributed by atoms with Crippen LogP contribution in [0.1, 0.15) is 30.9 Å². The molecule has 0 aliphatic heterocycles. The van der Waals surface area contributed by atoms with Gasteiger partial charge in [0.25, 0.3) is 0 Å². The zero-order valence-corrected chi connectivity index (χ0v) is 14.3. The van der Waals surface area contributed by atoms with Crippen LogP contribution < -0.4 is 10.6 Å². The van der Waals surface area contributed by atoms with Gasteiger partial charge in [-0.15, -0.1) is 0 Å². The summed E-state index contributed by atoms with van der Waals surface area (Å²) in [5.41, 5.74) is 2.85. The van der Waals surface area contributed by atoms with Crippen LogP contribution in [0.25, 0.3) is 0 Å². The Bertz CT molecular complexity index is 848. The van der Waals surface area contributed by atoms with Crippen molar-refractivity contribution in [2.75, 3.05) is 10.6 Å². The van der Waals surface area contributed by atoms with E-state index in [1.807, 2.05) is 30.3 Å². The maximum absolute atomic E-state index is 13.7. The molecule has 0 fully saturated rings. The molecular formula is C20H21FN4. The summed E-state index contributed by atoms with van der Waals surface area (Å²) in [5.74, 6) is 1.51. The lowest BCUT2D eigenvalue weighted by atomic mass is 10.0. The Kier molecular flexibility index (Phi) is 5.23. The van der Waals surface area contributed by atoms with Gasteiger partial charge in [0.2, 0.25) is 0 Å². The fraction of sp³-hybridized carbons (Fsp3) is 0.200. The summed E-state index contributed by atoms with van der Waals surface area (Å²) in [6, 6.07) is 16.7. The zero-order chi connectivity index (χ0) is 17.6. The van der Waals surface area contributed by atoms with Crippen molar-refractivity contribution in [3.63, 3.8) is 0 Å². The normalized spacial score (nSPS) is 10.7. The highest BCUT2D eigenvalue weighted by Gasteiger charge is 2.07. The summed E-state index contributed by atoms with van der Waals surface area (Å²) in [7, 11) is 0. The highest BCUT2D eigenvalue weighted by atomic mass is 19.1. The quantitative estimate of drug-likeness (QED) is 0.658. The molecule has 2 N–H and O–H groups in total. The van der Waals surface area contributed by atoms with Gasteiger partial charge in [0, 0.05) is 23.9 Å². The molecule has 0 unspecified atom stereocenters. The maximum atomic E-state index is 13.7. The van der Waals surface area contributed by atoms with E-state index >= 15 is 0 Å². The monoisotopic (exact) mass is 336 g/mol. The van der Waals surface area contributed by atoms with Crippen LogP contribution in [0.3, 0.4) is 0 Å². The highest BCUT2D eigenvalue weighted by molar-refractivity contribution is 5.63. The first-order valence-electron chi connectivity index (χ1n) is 8.29. The van der Waals surface area contributed by atoms with Crippen LogP contribution in [0.5, 0.6) is 0 Å². The van der Waals surface area contributed by atoms with Crippen molar-refractivity contribution in [3.05, 3.63) is 77.9 Å². The third-order valence-corrected chi connectivity index (χ3v) is 3.93. The van der Waals surface area contributed by atoms with Gasteiger partial charge >= 0.3 is 0 Å². The molecule has 5 heteroatoms. The van der Waals surface area contributed by atoms with E-state index in [0.29, 0.717) is 29.7 Å². The lowest BCUT2D eigenvalue weighted by molar-refractivity contribution is 0.613. The summed E-state index contributed by atoms with van der Waals surface area (Å²) < 4.78 is 13.7. The lowest BCUT2D eigenvalue weighted by Crippen LogP contribution is -2.05. The molecule has 0 aliphatic carbocycles. The SMILES string of the molecule is CC(C)c1ccccc1Nc1cc(NCc2ccccc2F)ncn1. The Morgan fingerprint density at radius 3 is 2.48 bits per heavy atom. The molecule has 1 heterocycles. The molecule has 0 radical (unpaired) electrons. The van der Waals surface area contributed by atoms with Gasteiger partial charge in [-0.25, -0.2) is 14.4 Å². The molecule has 0 amide bonds. The number of rotatable bonds is 6. The van der Waals surface area contributed by atoms with Gasteiger partial charge in [0.05, 0.1) is 0 Å². The molecule has 3 aromatic rings. The van der Waals surface area contributed by atoms with Crippen LogP contribution in [-0.4, -0.2) is 9.97 Å². The summed E-state index contributed by atoms with van der Waals surface area (Å²) in [5, 5.41) is 6.47. The average Bonchev–Trinajstić information content (AvgIpc) is 2.62. The molecule has 0 saturated carbocycles. The van der Waals surface area contributed by atoms with Gasteiger partial charge in [0.15, 0.2) is 0 Å². The molecule has 0 bridgehead atoms. The Labute approximate surface area is 147 Å². The van der Waals surface area contributed by atoms with Gasteiger partial charge in [-0.1, -0.05) is 50.2 Å². The van der Waals surface area contributed by atoms with E-state index in [2.05, 4.69) is 40.5 Å². The van der Waals surface area contributed by atoms with Gasteiger partial charge in [-0.3, -0.25) is 0 Å². The van der Waals surface area contributed by atoms with Crippen LogP contribution in [0.2, 0.25) is 0 Å². The minimum Gasteiger partial charge on any atom is -0.366 e. The fourth-order valence-corrected chi connectivity index (χ4v) is 2.60. The predicted octanol–water partition coefficient (Wildman–Crippen LogP) is 5.09. The molecule has 4 nitrogen and oxygen atoms in total. The molecule has 0 aliphatic rings. The predicted molar refractivity (Wildman–Crippen MR) is 99.6 cm³/mol. The fourth-order valence-electron chi connectivity index (χ4n) is 2.60. The Morgan fingerprint density at radius 2 is 1.68 bits per heavy atom. The molecule has 25 heavy (non-hydrogen) atoms. The van der Waals surface area contributed by atoms with E-state index < -0.39 is 0 Å². The van der Waals surface area contributed by atoms with Crippen molar-refractivity contribution in [3.8, 4) is 0 Å². The van der Waals surface area contributed by atoms with E-state index in [-0.39, 0.29) is 5.82 Å². The number of aromatic nitrogens is 2. The second-order valence-electron chi connectivity index (χ2n) is 6.10. The van der Waals surface area contributed by atoms with Crippen molar-refractivity contribution in [1.29, 1.82) is 0 Å². The van der Waals surface area contributed by atoms with E-state index in [1.165, 1.54) is 18.0 Å².